The molecule has 0 unspecified atom stereocenters. The molecular formula is C16H15N3O4S. The first kappa shape index (κ1) is 17.5. The normalized spacial score (nSPS) is 10.1. The first-order valence-corrected chi connectivity index (χ1v) is 7.36. The fraction of sp³-hybridized carbons (Fsp3) is 0.125. The van der Waals surface area contributed by atoms with Gasteiger partial charge < -0.3 is 0 Å². The van der Waals surface area contributed by atoms with Crippen molar-refractivity contribution < 1.29 is 14.9 Å². The lowest BCUT2D eigenvalue weighted by Gasteiger charge is -2.18. The quantitative estimate of drug-likeness (QED) is 0.504. The van der Waals surface area contributed by atoms with Crippen LogP contribution in [-0.2, 0) is 0 Å². The molecule has 0 bridgehead atoms. The number of carbonyl (C=O) groups excluding carboxylic acids is 1. The van der Waals surface area contributed by atoms with Gasteiger partial charge in [-0.05, 0) is 44.3 Å². The summed E-state index contributed by atoms with van der Waals surface area (Å²) in [6.45, 7) is 3.73. The third-order valence-corrected chi connectivity index (χ3v) is 3.46. The molecule has 2 N–H and O–H groups in total. The van der Waals surface area contributed by atoms with E-state index in [2.05, 4.69) is 5.32 Å². The van der Waals surface area contributed by atoms with Gasteiger partial charge in [0.2, 0.25) is 5.11 Å². The van der Waals surface area contributed by atoms with Crippen LogP contribution in [0.1, 0.15) is 21.5 Å². The van der Waals surface area contributed by atoms with E-state index in [1.165, 1.54) is 18.2 Å². The minimum Gasteiger partial charge on any atom is -0.297 e. The van der Waals surface area contributed by atoms with Crippen LogP contribution in [0.3, 0.4) is 0 Å². The maximum Gasteiger partial charge on any atom is 0.271 e. The molecule has 2 aromatic carbocycles. The molecule has 1 amide bonds. The Morgan fingerprint density at radius 3 is 2.42 bits per heavy atom. The first-order chi connectivity index (χ1) is 11.3. The summed E-state index contributed by atoms with van der Waals surface area (Å²) in [7, 11) is 0. The largest absolute Gasteiger partial charge is 0.297 e. The lowest BCUT2D eigenvalue weighted by molar-refractivity contribution is -0.384. The van der Waals surface area contributed by atoms with Crippen LogP contribution in [0.2, 0.25) is 0 Å². The van der Waals surface area contributed by atoms with Gasteiger partial charge in [-0.2, -0.15) is 5.06 Å². The van der Waals surface area contributed by atoms with E-state index in [-0.39, 0.29) is 16.5 Å². The van der Waals surface area contributed by atoms with E-state index in [1.807, 2.05) is 19.9 Å². The van der Waals surface area contributed by atoms with Crippen molar-refractivity contribution in [3.05, 3.63) is 69.3 Å². The van der Waals surface area contributed by atoms with E-state index < -0.39 is 10.8 Å². The highest BCUT2D eigenvalue weighted by Crippen LogP contribution is 2.20. The van der Waals surface area contributed by atoms with E-state index in [0.717, 1.165) is 17.2 Å². The van der Waals surface area contributed by atoms with Crippen LogP contribution in [0.15, 0.2) is 42.5 Å². The number of carbonyl (C=O) groups is 1. The zero-order valence-electron chi connectivity index (χ0n) is 13.0. The molecule has 0 fully saturated rings. The standard InChI is InChI=1S/C16H15N3O4S/c1-10-6-11(2)8-12(7-10)15(20)17-16(24)18(21)13-4-3-5-14(9-13)19(22)23/h3-9,21H,1-2H3,(H,17,20,24). The van der Waals surface area contributed by atoms with Gasteiger partial charge in [0, 0.05) is 17.7 Å². The molecule has 0 aliphatic heterocycles. The van der Waals surface area contributed by atoms with Crippen molar-refractivity contribution in [3.63, 3.8) is 0 Å². The molecule has 0 spiro atoms. The van der Waals surface area contributed by atoms with Crippen LogP contribution < -0.4 is 10.4 Å². The Hall–Kier alpha value is -2.84. The highest BCUT2D eigenvalue weighted by molar-refractivity contribution is 7.80. The number of rotatable bonds is 3. The molecule has 0 atom stereocenters. The number of hydrogen-bond donors (Lipinski definition) is 2. The summed E-state index contributed by atoms with van der Waals surface area (Å²) in [5, 5.41) is 23.5. The Morgan fingerprint density at radius 1 is 1.21 bits per heavy atom. The second kappa shape index (κ2) is 7.16. The monoisotopic (exact) mass is 345 g/mol. The van der Waals surface area contributed by atoms with Gasteiger partial charge in [0.05, 0.1) is 10.6 Å². The van der Waals surface area contributed by atoms with Crippen molar-refractivity contribution in [2.24, 2.45) is 0 Å². The van der Waals surface area contributed by atoms with Crippen LogP contribution in [-0.4, -0.2) is 21.2 Å². The maximum absolute atomic E-state index is 12.2. The van der Waals surface area contributed by atoms with Crippen LogP contribution >= 0.6 is 12.2 Å². The van der Waals surface area contributed by atoms with Crippen LogP contribution in [0.4, 0.5) is 11.4 Å². The summed E-state index contributed by atoms with van der Waals surface area (Å²) < 4.78 is 0. The molecule has 7 nitrogen and oxygen atoms in total. The fourth-order valence-corrected chi connectivity index (χ4v) is 2.38. The minimum absolute atomic E-state index is 0.0786. The molecular weight excluding hydrogens is 330 g/mol. The lowest BCUT2D eigenvalue weighted by Crippen LogP contribution is -2.41. The molecule has 0 heterocycles. The lowest BCUT2D eigenvalue weighted by atomic mass is 10.1. The van der Waals surface area contributed by atoms with E-state index in [0.29, 0.717) is 10.6 Å². The number of nitro benzene ring substituents is 1. The summed E-state index contributed by atoms with van der Waals surface area (Å²) in [6.07, 6.45) is 0. The number of hydrogen-bond acceptors (Lipinski definition) is 5. The predicted molar refractivity (Wildman–Crippen MR) is 93.3 cm³/mol. The molecule has 0 aliphatic carbocycles. The summed E-state index contributed by atoms with van der Waals surface area (Å²) >= 11 is 4.98. The number of anilines is 1. The number of non-ortho nitro benzene ring substituents is 1. The number of nitro groups is 1. The van der Waals surface area contributed by atoms with Crippen LogP contribution in [0, 0.1) is 24.0 Å². The number of nitrogens with one attached hydrogen (secondary N) is 1. The molecule has 24 heavy (non-hydrogen) atoms. The molecule has 124 valence electrons. The van der Waals surface area contributed by atoms with Gasteiger partial charge in [0.25, 0.3) is 11.6 Å². The van der Waals surface area contributed by atoms with Crippen molar-refractivity contribution >= 4 is 34.6 Å². The summed E-state index contributed by atoms with van der Waals surface area (Å²) in [5.41, 5.74) is 2.13. The second-order valence-corrected chi connectivity index (χ2v) is 5.61. The van der Waals surface area contributed by atoms with Gasteiger partial charge in [-0.15, -0.1) is 0 Å². The van der Waals surface area contributed by atoms with Gasteiger partial charge in [-0.3, -0.25) is 25.4 Å². The Bertz CT molecular complexity index is 802. The molecule has 0 saturated heterocycles. The number of benzene rings is 2. The molecule has 2 aromatic rings. The first-order valence-electron chi connectivity index (χ1n) is 6.95. The van der Waals surface area contributed by atoms with Crippen molar-refractivity contribution in [2.45, 2.75) is 13.8 Å². The van der Waals surface area contributed by atoms with Crippen molar-refractivity contribution in [1.29, 1.82) is 0 Å². The Labute approximate surface area is 143 Å². The third kappa shape index (κ3) is 4.12. The Balaban J connectivity index is 2.15. The van der Waals surface area contributed by atoms with Gasteiger partial charge >= 0.3 is 0 Å². The molecule has 0 aliphatic rings. The summed E-state index contributed by atoms with van der Waals surface area (Å²) in [4.78, 5) is 22.4. The zero-order chi connectivity index (χ0) is 17.9. The van der Waals surface area contributed by atoms with Crippen LogP contribution in [0.5, 0.6) is 0 Å². The number of nitrogens with zero attached hydrogens (tertiary/aromatic N) is 2. The van der Waals surface area contributed by atoms with E-state index in [1.54, 1.807) is 12.1 Å². The summed E-state index contributed by atoms with van der Waals surface area (Å²) in [5.74, 6) is -0.476. The number of hydroxylamine groups is 1. The fourth-order valence-electron chi connectivity index (χ4n) is 2.18. The van der Waals surface area contributed by atoms with Crippen LogP contribution in [0.25, 0.3) is 0 Å². The average Bonchev–Trinajstić information content (AvgIpc) is 2.53. The number of aryl methyl sites for hydroxylation is 2. The molecule has 0 aromatic heterocycles. The maximum atomic E-state index is 12.2. The van der Waals surface area contributed by atoms with E-state index in [4.69, 9.17) is 12.2 Å². The SMILES string of the molecule is Cc1cc(C)cc(C(=O)NC(=S)N(O)c2cccc([N+](=O)[O-])c2)c1. The average molecular weight is 345 g/mol. The van der Waals surface area contributed by atoms with Gasteiger partial charge in [-0.1, -0.05) is 23.3 Å². The Kier molecular flexibility index (Phi) is 5.22. The molecule has 0 radical (unpaired) electrons. The third-order valence-electron chi connectivity index (χ3n) is 3.18. The Morgan fingerprint density at radius 2 is 1.83 bits per heavy atom. The topological polar surface area (TPSA) is 95.7 Å². The number of thiocarbonyl (C=S) groups is 1. The minimum atomic E-state index is -0.589. The van der Waals surface area contributed by atoms with Crippen molar-refractivity contribution in [1.82, 2.24) is 5.32 Å². The van der Waals surface area contributed by atoms with Gasteiger partial charge in [-0.25, -0.2) is 0 Å². The van der Waals surface area contributed by atoms with Gasteiger partial charge in [0.1, 0.15) is 0 Å². The van der Waals surface area contributed by atoms with E-state index >= 15 is 0 Å². The molecule has 0 saturated carbocycles. The zero-order valence-corrected chi connectivity index (χ0v) is 13.8. The van der Waals surface area contributed by atoms with E-state index in [9.17, 15) is 20.1 Å². The summed E-state index contributed by atoms with van der Waals surface area (Å²) in [6, 6.07) is 10.6. The highest BCUT2D eigenvalue weighted by Gasteiger charge is 2.16. The molecule has 2 rings (SSSR count). The predicted octanol–water partition coefficient (Wildman–Crippen LogP) is 3.12. The smallest absolute Gasteiger partial charge is 0.271 e. The second-order valence-electron chi connectivity index (χ2n) is 5.22. The van der Waals surface area contributed by atoms with Gasteiger partial charge in [0.15, 0.2) is 0 Å². The molecule has 8 heteroatoms. The number of amides is 1. The highest BCUT2D eigenvalue weighted by atomic mass is 32.1. The van der Waals surface area contributed by atoms with Crippen molar-refractivity contribution in [2.75, 3.05) is 5.06 Å². The van der Waals surface area contributed by atoms with Crippen molar-refractivity contribution in [3.8, 4) is 0 Å².